The maximum absolute atomic E-state index is 13.2. The Bertz CT molecular complexity index is 969. The summed E-state index contributed by atoms with van der Waals surface area (Å²) in [5.41, 5.74) is 2.20. The Morgan fingerprint density at radius 3 is 2.70 bits per heavy atom. The molecule has 0 unspecified atom stereocenters. The third kappa shape index (κ3) is 3.57. The molecule has 7 heteroatoms. The third-order valence-corrected chi connectivity index (χ3v) is 6.45. The van der Waals surface area contributed by atoms with Crippen LogP contribution in [-0.2, 0) is 16.4 Å². The van der Waals surface area contributed by atoms with E-state index in [0.29, 0.717) is 17.9 Å². The highest BCUT2D eigenvalue weighted by atomic mass is 32.2. The van der Waals surface area contributed by atoms with Gasteiger partial charge in [-0.3, -0.25) is 4.79 Å². The molecule has 2 aromatic carbocycles. The van der Waals surface area contributed by atoms with Crippen molar-refractivity contribution in [3.8, 4) is 5.75 Å². The van der Waals surface area contributed by atoms with E-state index in [9.17, 15) is 13.2 Å². The van der Waals surface area contributed by atoms with Crippen LogP contribution in [0.25, 0.3) is 0 Å². The number of nitrogens with zero attached hydrogens (tertiary/aromatic N) is 1. The molecule has 1 saturated carbocycles. The summed E-state index contributed by atoms with van der Waals surface area (Å²) in [6.45, 7) is 0.573. The number of nitrogens with one attached hydrogen (secondary N) is 1. The monoisotopic (exact) mass is 386 g/mol. The van der Waals surface area contributed by atoms with E-state index in [0.717, 1.165) is 36.9 Å². The van der Waals surface area contributed by atoms with Gasteiger partial charge in [-0.05, 0) is 55.5 Å². The van der Waals surface area contributed by atoms with Crippen molar-refractivity contribution >= 4 is 21.6 Å². The summed E-state index contributed by atoms with van der Waals surface area (Å²) >= 11 is 0. The lowest BCUT2D eigenvalue weighted by molar-refractivity contribution is 0.0984. The number of para-hydroxylation sites is 1. The van der Waals surface area contributed by atoms with Crippen molar-refractivity contribution in [2.24, 2.45) is 0 Å². The van der Waals surface area contributed by atoms with Crippen molar-refractivity contribution in [2.75, 3.05) is 18.6 Å². The molecule has 1 aliphatic carbocycles. The first-order valence-corrected chi connectivity index (χ1v) is 10.6. The highest BCUT2D eigenvalue weighted by Crippen LogP contribution is 2.37. The number of hydrogen-bond acceptors (Lipinski definition) is 4. The molecule has 0 spiro atoms. The molecule has 0 aromatic heterocycles. The second-order valence-corrected chi connectivity index (χ2v) is 8.67. The van der Waals surface area contributed by atoms with Crippen LogP contribution in [0, 0.1) is 0 Å². The van der Waals surface area contributed by atoms with E-state index in [-0.39, 0.29) is 16.8 Å². The van der Waals surface area contributed by atoms with Crippen molar-refractivity contribution < 1.29 is 17.9 Å². The minimum absolute atomic E-state index is 0.0209. The zero-order valence-corrected chi connectivity index (χ0v) is 16.0. The first-order valence-electron chi connectivity index (χ1n) is 9.10. The van der Waals surface area contributed by atoms with Crippen LogP contribution < -0.4 is 14.4 Å². The van der Waals surface area contributed by atoms with Crippen molar-refractivity contribution in [3.63, 3.8) is 0 Å². The zero-order chi connectivity index (χ0) is 19.0. The van der Waals surface area contributed by atoms with Crippen LogP contribution in [0.4, 0.5) is 5.69 Å². The molecule has 0 bridgehead atoms. The van der Waals surface area contributed by atoms with E-state index in [1.165, 1.54) is 12.1 Å². The van der Waals surface area contributed by atoms with E-state index in [1.807, 2.05) is 18.2 Å². The Labute approximate surface area is 159 Å². The summed E-state index contributed by atoms with van der Waals surface area (Å²) < 4.78 is 33.1. The lowest BCUT2D eigenvalue weighted by Crippen LogP contribution is -2.36. The summed E-state index contributed by atoms with van der Waals surface area (Å²) in [7, 11) is -2.02. The maximum atomic E-state index is 13.2. The van der Waals surface area contributed by atoms with Crippen LogP contribution in [-0.4, -0.2) is 34.0 Å². The zero-order valence-electron chi connectivity index (χ0n) is 15.1. The SMILES string of the molecule is COc1cccc2c1N(C(=O)c1cccc(S(=O)(=O)NC3CC3)c1)CCC2. The van der Waals surface area contributed by atoms with Crippen LogP contribution >= 0.6 is 0 Å². The van der Waals surface area contributed by atoms with Crippen molar-refractivity contribution in [2.45, 2.75) is 36.6 Å². The van der Waals surface area contributed by atoms with E-state index >= 15 is 0 Å². The normalized spacial score (nSPS) is 16.7. The molecule has 1 N–H and O–H groups in total. The van der Waals surface area contributed by atoms with Gasteiger partial charge in [-0.2, -0.15) is 0 Å². The van der Waals surface area contributed by atoms with E-state index < -0.39 is 10.0 Å². The number of benzene rings is 2. The molecule has 142 valence electrons. The number of carbonyl (C=O) groups is 1. The molecule has 2 aliphatic rings. The first-order chi connectivity index (χ1) is 13.0. The van der Waals surface area contributed by atoms with Gasteiger partial charge in [-0.15, -0.1) is 0 Å². The van der Waals surface area contributed by atoms with Crippen molar-refractivity contribution in [1.82, 2.24) is 4.72 Å². The molecule has 4 rings (SSSR count). The van der Waals surface area contributed by atoms with Gasteiger partial charge in [0.25, 0.3) is 5.91 Å². The molecule has 1 amide bonds. The number of hydrogen-bond donors (Lipinski definition) is 1. The van der Waals surface area contributed by atoms with E-state index in [1.54, 1.807) is 24.1 Å². The van der Waals surface area contributed by atoms with E-state index in [2.05, 4.69) is 4.72 Å². The Hall–Kier alpha value is -2.38. The largest absolute Gasteiger partial charge is 0.495 e. The van der Waals surface area contributed by atoms with Gasteiger partial charge in [-0.1, -0.05) is 18.2 Å². The molecule has 6 nitrogen and oxygen atoms in total. The number of sulfonamides is 1. The minimum atomic E-state index is -3.60. The summed E-state index contributed by atoms with van der Waals surface area (Å²) in [5.74, 6) is 0.434. The number of methoxy groups -OCH3 is 1. The predicted octanol–water partition coefficient (Wildman–Crippen LogP) is 2.73. The van der Waals surface area contributed by atoms with Gasteiger partial charge >= 0.3 is 0 Å². The molecule has 1 heterocycles. The number of anilines is 1. The summed E-state index contributed by atoms with van der Waals surface area (Å²) in [4.78, 5) is 15.0. The van der Waals surface area contributed by atoms with Gasteiger partial charge in [0.1, 0.15) is 5.75 Å². The van der Waals surface area contributed by atoms with Gasteiger partial charge in [0.2, 0.25) is 10.0 Å². The predicted molar refractivity (Wildman–Crippen MR) is 103 cm³/mol. The Morgan fingerprint density at radius 1 is 1.19 bits per heavy atom. The standard InChI is InChI=1S/C20H22N2O4S/c1-26-18-9-3-5-14-7-4-12-22(19(14)18)20(23)15-6-2-8-17(13-15)27(24,25)21-16-10-11-16/h2-3,5-6,8-9,13,16,21H,4,7,10-12H2,1H3. The fraction of sp³-hybridized carbons (Fsp3) is 0.350. The van der Waals surface area contributed by atoms with Crippen LogP contribution in [0.3, 0.4) is 0 Å². The molecule has 2 aromatic rings. The number of carbonyl (C=O) groups excluding carboxylic acids is 1. The highest BCUT2D eigenvalue weighted by Gasteiger charge is 2.30. The molecule has 27 heavy (non-hydrogen) atoms. The fourth-order valence-electron chi connectivity index (χ4n) is 3.42. The van der Waals surface area contributed by atoms with Gasteiger partial charge in [0, 0.05) is 18.2 Å². The highest BCUT2D eigenvalue weighted by molar-refractivity contribution is 7.89. The summed E-state index contributed by atoms with van der Waals surface area (Å²) in [5, 5.41) is 0. The van der Waals surface area contributed by atoms with Crippen LogP contribution in [0.2, 0.25) is 0 Å². The molecule has 0 atom stereocenters. The van der Waals surface area contributed by atoms with Crippen LogP contribution in [0.15, 0.2) is 47.4 Å². The topological polar surface area (TPSA) is 75.7 Å². The number of ether oxygens (including phenoxy) is 1. The Kier molecular flexibility index (Phi) is 4.65. The molecule has 1 aliphatic heterocycles. The summed E-state index contributed by atoms with van der Waals surface area (Å²) in [6.07, 6.45) is 3.47. The van der Waals surface area contributed by atoms with Crippen molar-refractivity contribution in [1.29, 1.82) is 0 Å². The quantitative estimate of drug-likeness (QED) is 0.857. The minimum Gasteiger partial charge on any atom is -0.495 e. The molecule has 0 radical (unpaired) electrons. The average Bonchev–Trinajstić information content (AvgIpc) is 3.50. The lowest BCUT2D eigenvalue weighted by Gasteiger charge is -2.31. The molecular weight excluding hydrogens is 364 g/mol. The Morgan fingerprint density at radius 2 is 1.96 bits per heavy atom. The maximum Gasteiger partial charge on any atom is 0.258 e. The number of fused-ring (bicyclic) bond motifs is 1. The van der Waals surface area contributed by atoms with E-state index in [4.69, 9.17) is 4.74 Å². The van der Waals surface area contributed by atoms with Crippen molar-refractivity contribution in [3.05, 3.63) is 53.6 Å². The van der Waals surface area contributed by atoms with Gasteiger partial charge in [0.15, 0.2) is 0 Å². The third-order valence-electron chi connectivity index (χ3n) is 4.94. The number of amides is 1. The van der Waals surface area contributed by atoms with Gasteiger partial charge in [0.05, 0.1) is 17.7 Å². The summed E-state index contributed by atoms with van der Waals surface area (Å²) in [6, 6.07) is 12.0. The first kappa shape index (κ1) is 18.0. The average molecular weight is 386 g/mol. The molecular formula is C20H22N2O4S. The molecule has 1 fully saturated rings. The second kappa shape index (κ2) is 6.98. The lowest BCUT2D eigenvalue weighted by atomic mass is 10.00. The van der Waals surface area contributed by atoms with Crippen LogP contribution in [0.5, 0.6) is 5.75 Å². The smallest absolute Gasteiger partial charge is 0.258 e. The number of aryl methyl sites for hydroxylation is 1. The van der Waals surface area contributed by atoms with Gasteiger partial charge in [-0.25, -0.2) is 13.1 Å². The number of rotatable bonds is 5. The Balaban J connectivity index is 1.68. The molecule has 0 saturated heterocycles. The second-order valence-electron chi connectivity index (χ2n) is 6.95. The van der Waals surface area contributed by atoms with Crippen LogP contribution in [0.1, 0.15) is 35.2 Å². The fourth-order valence-corrected chi connectivity index (χ4v) is 4.77. The van der Waals surface area contributed by atoms with Gasteiger partial charge < -0.3 is 9.64 Å².